The maximum Gasteiger partial charge on any atom is 0.256 e. The highest BCUT2D eigenvalue weighted by atomic mass is 19.1. The maximum atomic E-state index is 13.7. The van der Waals surface area contributed by atoms with Crippen LogP contribution in [0.5, 0.6) is 0 Å². The predicted octanol–water partition coefficient (Wildman–Crippen LogP) is 4.28. The van der Waals surface area contributed by atoms with E-state index < -0.39 is 6.23 Å². The van der Waals surface area contributed by atoms with Crippen LogP contribution in [0.1, 0.15) is 19.4 Å². The molecule has 2 aromatic carbocycles. The van der Waals surface area contributed by atoms with Crippen molar-refractivity contribution in [1.82, 2.24) is 14.5 Å². The number of hydrogen-bond acceptors (Lipinski definition) is 5. The number of fused-ring (bicyclic) bond motifs is 1. The first-order chi connectivity index (χ1) is 14.8. The molecule has 7 heteroatoms. The van der Waals surface area contributed by atoms with Gasteiger partial charge in [0, 0.05) is 17.0 Å². The van der Waals surface area contributed by atoms with Gasteiger partial charge in [-0.05, 0) is 54.8 Å². The van der Waals surface area contributed by atoms with Crippen LogP contribution in [0.25, 0.3) is 28.0 Å². The summed E-state index contributed by atoms with van der Waals surface area (Å²) in [6.45, 7) is 5.53. The van der Waals surface area contributed by atoms with Crippen LogP contribution < -0.4 is 10.9 Å². The zero-order valence-electron chi connectivity index (χ0n) is 17.5. The second kappa shape index (κ2) is 8.28. The molecule has 1 atom stereocenters. The number of benzene rings is 2. The molecule has 0 spiro atoms. The van der Waals surface area contributed by atoms with Gasteiger partial charge in [0.2, 0.25) is 5.95 Å². The lowest BCUT2D eigenvalue weighted by molar-refractivity contribution is 0.152. The normalized spacial score (nSPS) is 12.3. The first kappa shape index (κ1) is 20.7. The number of nitrogens with one attached hydrogen (secondary N) is 1. The Labute approximate surface area is 179 Å². The van der Waals surface area contributed by atoms with Crippen LogP contribution in [0.3, 0.4) is 0 Å². The molecule has 0 saturated heterocycles. The van der Waals surface area contributed by atoms with Gasteiger partial charge in [-0.25, -0.2) is 9.37 Å². The van der Waals surface area contributed by atoms with Crippen molar-refractivity contribution in [3.63, 3.8) is 0 Å². The number of anilines is 1. The lowest BCUT2D eigenvalue weighted by atomic mass is 10.0. The molecule has 4 aromatic rings. The molecule has 0 saturated carbocycles. The number of pyridine rings is 1. The standard InChI is InChI=1S/C24H23FN4O2/c1-14(2)23(31)28-24-26-21(18-10-9-16(25)13-15(18)3)19-11-12-20(30)29(22(19)27-24)17-7-5-4-6-8-17/h4-14,23,31H,1-3H3,(H,26,27,28). The van der Waals surface area contributed by atoms with Gasteiger partial charge in [0.05, 0.1) is 11.4 Å². The molecule has 158 valence electrons. The molecule has 2 heterocycles. The number of aromatic nitrogens is 3. The highest BCUT2D eigenvalue weighted by molar-refractivity contribution is 5.92. The summed E-state index contributed by atoms with van der Waals surface area (Å²) in [6.07, 6.45) is -0.875. The summed E-state index contributed by atoms with van der Waals surface area (Å²) in [6, 6.07) is 16.8. The van der Waals surface area contributed by atoms with Gasteiger partial charge in [-0.2, -0.15) is 4.98 Å². The number of rotatable bonds is 5. The Morgan fingerprint density at radius 3 is 2.45 bits per heavy atom. The molecule has 0 aliphatic rings. The minimum absolute atomic E-state index is 0.0811. The van der Waals surface area contributed by atoms with Gasteiger partial charge in [0.1, 0.15) is 12.0 Å². The molecule has 0 aliphatic carbocycles. The van der Waals surface area contributed by atoms with Crippen LogP contribution in [-0.2, 0) is 0 Å². The second-order valence-electron chi connectivity index (χ2n) is 7.77. The topological polar surface area (TPSA) is 80.0 Å². The van der Waals surface area contributed by atoms with Crippen LogP contribution in [0.4, 0.5) is 10.3 Å². The van der Waals surface area contributed by atoms with Crippen molar-refractivity contribution in [2.24, 2.45) is 5.92 Å². The summed E-state index contributed by atoms with van der Waals surface area (Å²) in [5.74, 6) is -0.237. The Hall–Kier alpha value is -3.58. The van der Waals surface area contributed by atoms with E-state index in [0.29, 0.717) is 33.5 Å². The molecule has 0 radical (unpaired) electrons. The Balaban J connectivity index is 2.05. The zero-order chi connectivity index (χ0) is 22.1. The van der Waals surface area contributed by atoms with Gasteiger partial charge in [0.15, 0.2) is 5.65 Å². The molecule has 0 amide bonds. The molecular weight excluding hydrogens is 395 g/mol. The number of aliphatic hydroxyl groups excluding tert-OH is 1. The average molecular weight is 418 g/mol. The summed E-state index contributed by atoms with van der Waals surface area (Å²) >= 11 is 0. The summed E-state index contributed by atoms with van der Waals surface area (Å²) in [5.41, 5.74) is 2.78. The summed E-state index contributed by atoms with van der Waals surface area (Å²) < 4.78 is 15.2. The number of aliphatic hydroxyl groups is 1. The number of hydrogen-bond donors (Lipinski definition) is 2. The Bertz CT molecular complexity index is 1300. The fourth-order valence-corrected chi connectivity index (χ4v) is 3.40. The van der Waals surface area contributed by atoms with Gasteiger partial charge in [-0.3, -0.25) is 9.36 Å². The minimum atomic E-state index is -0.875. The highest BCUT2D eigenvalue weighted by Crippen LogP contribution is 2.30. The predicted molar refractivity (Wildman–Crippen MR) is 120 cm³/mol. The van der Waals surface area contributed by atoms with E-state index >= 15 is 0 Å². The van der Waals surface area contributed by atoms with Crippen molar-refractivity contribution in [1.29, 1.82) is 0 Å². The summed E-state index contributed by atoms with van der Waals surface area (Å²) in [7, 11) is 0. The molecule has 6 nitrogen and oxygen atoms in total. The first-order valence-corrected chi connectivity index (χ1v) is 10.1. The molecular formula is C24H23FN4O2. The minimum Gasteiger partial charge on any atom is -0.373 e. The Morgan fingerprint density at radius 1 is 1.03 bits per heavy atom. The first-order valence-electron chi connectivity index (χ1n) is 10.1. The molecule has 2 N–H and O–H groups in total. The zero-order valence-corrected chi connectivity index (χ0v) is 17.5. The van der Waals surface area contributed by atoms with Crippen molar-refractivity contribution in [3.8, 4) is 16.9 Å². The van der Waals surface area contributed by atoms with E-state index in [-0.39, 0.29) is 23.2 Å². The van der Waals surface area contributed by atoms with Crippen LogP contribution in [-0.4, -0.2) is 25.9 Å². The molecule has 0 aliphatic heterocycles. The summed E-state index contributed by atoms with van der Waals surface area (Å²) in [4.78, 5) is 22.0. The van der Waals surface area contributed by atoms with Crippen molar-refractivity contribution < 1.29 is 9.50 Å². The largest absolute Gasteiger partial charge is 0.373 e. The third kappa shape index (κ3) is 4.04. The Kier molecular flexibility index (Phi) is 5.52. The van der Waals surface area contributed by atoms with E-state index in [1.807, 2.05) is 44.2 Å². The van der Waals surface area contributed by atoms with E-state index in [1.54, 1.807) is 19.1 Å². The van der Waals surface area contributed by atoms with Gasteiger partial charge in [0.25, 0.3) is 5.56 Å². The molecule has 1 unspecified atom stereocenters. The Morgan fingerprint density at radius 2 is 1.77 bits per heavy atom. The fraction of sp³-hybridized carbons (Fsp3) is 0.208. The lowest BCUT2D eigenvalue weighted by Crippen LogP contribution is -2.26. The van der Waals surface area contributed by atoms with Crippen molar-refractivity contribution in [3.05, 3.63) is 82.4 Å². The number of halogens is 1. The van der Waals surface area contributed by atoms with Gasteiger partial charge >= 0.3 is 0 Å². The monoisotopic (exact) mass is 418 g/mol. The van der Waals surface area contributed by atoms with Gasteiger partial charge in [-0.15, -0.1) is 0 Å². The van der Waals surface area contributed by atoms with Crippen molar-refractivity contribution in [2.75, 3.05) is 5.32 Å². The third-order valence-corrected chi connectivity index (χ3v) is 5.12. The van der Waals surface area contributed by atoms with Crippen LogP contribution in [0.2, 0.25) is 0 Å². The average Bonchev–Trinajstić information content (AvgIpc) is 2.73. The van der Waals surface area contributed by atoms with E-state index in [9.17, 15) is 14.3 Å². The molecule has 4 rings (SSSR count). The van der Waals surface area contributed by atoms with E-state index in [4.69, 9.17) is 0 Å². The number of nitrogens with zero attached hydrogens (tertiary/aromatic N) is 3. The fourth-order valence-electron chi connectivity index (χ4n) is 3.40. The lowest BCUT2D eigenvalue weighted by Gasteiger charge is -2.19. The third-order valence-electron chi connectivity index (χ3n) is 5.12. The van der Waals surface area contributed by atoms with Crippen molar-refractivity contribution >= 4 is 17.0 Å². The summed E-state index contributed by atoms with van der Waals surface area (Å²) in [5, 5.41) is 13.9. The highest BCUT2D eigenvalue weighted by Gasteiger charge is 2.18. The molecule has 2 aromatic heterocycles. The van der Waals surface area contributed by atoms with Crippen molar-refractivity contribution in [2.45, 2.75) is 27.0 Å². The van der Waals surface area contributed by atoms with Gasteiger partial charge in [-0.1, -0.05) is 32.0 Å². The second-order valence-corrected chi connectivity index (χ2v) is 7.77. The van der Waals surface area contributed by atoms with Crippen LogP contribution in [0.15, 0.2) is 65.5 Å². The van der Waals surface area contributed by atoms with E-state index in [1.165, 1.54) is 22.8 Å². The van der Waals surface area contributed by atoms with E-state index in [0.717, 1.165) is 0 Å². The van der Waals surface area contributed by atoms with E-state index in [2.05, 4.69) is 15.3 Å². The maximum absolute atomic E-state index is 13.7. The number of aryl methyl sites for hydroxylation is 1. The SMILES string of the molecule is Cc1cc(F)ccc1-c1nc(NC(O)C(C)C)nc2c1ccc(=O)n2-c1ccccc1. The quantitative estimate of drug-likeness (QED) is 0.473. The molecule has 0 bridgehead atoms. The number of para-hydroxylation sites is 1. The molecule has 31 heavy (non-hydrogen) atoms. The van der Waals surface area contributed by atoms with Crippen LogP contribution >= 0.6 is 0 Å². The van der Waals surface area contributed by atoms with Gasteiger partial charge < -0.3 is 10.4 Å². The smallest absolute Gasteiger partial charge is 0.256 e. The molecule has 0 fully saturated rings. The van der Waals surface area contributed by atoms with Crippen LogP contribution in [0, 0.1) is 18.7 Å².